The molecule has 1 saturated heterocycles. The van der Waals surface area contributed by atoms with Crippen molar-refractivity contribution in [1.82, 2.24) is 10.3 Å². The number of fused-ring (bicyclic) bond motifs is 1. The molecule has 6 heteroatoms. The van der Waals surface area contributed by atoms with Crippen LogP contribution in [0.15, 0.2) is 46.9 Å². The predicted octanol–water partition coefficient (Wildman–Crippen LogP) is 6.30. The van der Waals surface area contributed by atoms with Gasteiger partial charge in [0.1, 0.15) is 0 Å². The molecular weight excluding hydrogens is 464 g/mol. The molecule has 2 aromatic carbocycles. The molecule has 4 rings (SSSR count). The highest BCUT2D eigenvalue weighted by atomic mass is 79.9. The van der Waals surface area contributed by atoms with Gasteiger partial charge in [0.15, 0.2) is 0 Å². The van der Waals surface area contributed by atoms with Crippen LogP contribution in [-0.2, 0) is 4.74 Å². The van der Waals surface area contributed by atoms with Gasteiger partial charge >= 0.3 is 0 Å². The van der Waals surface area contributed by atoms with Crippen molar-refractivity contribution in [3.63, 3.8) is 0 Å². The molecule has 1 aliphatic heterocycles. The van der Waals surface area contributed by atoms with Crippen LogP contribution in [0.2, 0.25) is 5.02 Å². The lowest BCUT2D eigenvalue weighted by atomic mass is 9.96. The fourth-order valence-electron chi connectivity index (χ4n) is 3.83. The Morgan fingerprint density at radius 1 is 1.17 bits per heavy atom. The van der Waals surface area contributed by atoms with E-state index in [4.69, 9.17) is 16.3 Å². The van der Waals surface area contributed by atoms with E-state index in [2.05, 4.69) is 26.2 Å². The zero-order valence-electron chi connectivity index (χ0n) is 16.6. The van der Waals surface area contributed by atoms with Gasteiger partial charge in [0.2, 0.25) is 0 Å². The van der Waals surface area contributed by atoms with Crippen LogP contribution in [0.25, 0.3) is 23.1 Å². The first-order valence-electron chi connectivity index (χ1n) is 10.2. The Hall–Kier alpha value is -2.08. The van der Waals surface area contributed by atoms with E-state index in [-0.39, 0.29) is 5.91 Å². The third kappa shape index (κ3) is 5.15. The summed E-state index contributed by atoms with van der Waals surface area (Å²) in [4.78, 5) is 16.5. The van der Waals surface area contributed by atoms with Crippen LogP contribution in [0, 0.1) is 5.92 Å². The molecule has 1 amide bonds. The molecule has 1 fully saturated rings. The van der Waals surface area contributed by atoms with Crippen LogP contribution >= 0.6 is 27.5 Å². The molecule has 1 aromatic heterocycles. The first kappa shape index (κ1) is 21.2. The molecule has 0 bridgehead atoms. The van der Waals surface area contributed by atoms with Crippen LogP contribution in [0.5, 0.6) is 0 Å². The first-order chi connectivity index (χ1) is 14.6. The standard InChI is InChI=1S/C24H24BrClN2O2/c25-18-4-7-20-22(15-18)28-21(8-3-16-1-5-19(26)6-2-16)23(20)24(29)27-12-9-17-10-13-30-14-11-17/h1-8,15,17,28H,9-14H2,(H,27,29). The molecule has 0 radical (unpaired) electrons. The van der Waals surface area contributed by atoms with Crippen LogP contribution < -0.4 is 5.32 Å². The van der Waals surface area contributed by atoms with Crippen molar-refractivity contribution < 1.29 is 9.53 Å². The van der Waals surface area contributed by atoms with Gasteiger partial charge in [0.05, 0.1) is 11.3 Å². The van der Waals surface area contributed by atoms with Gasteiger partial charge in [-0.15, -0.1) is 0 Å². The van der Waals surface area contributed by atoms with Gasteiger partial charge in [0.25, 0.3) is 5.91 Å². The van der Waals surface area contributed by atoms with Crippen molar-refractivity contribution in [2.24, 2.45) is 5.92 Å². The zero-order chi connectivity index (χ0) is 20.9. The normalized spacial score (nSPS) is 15.1. The lowest BCUT2D eigenvalue weighted by Crippen LogP contribution is -2.27. The molecule has 0 saturated carbocycles. The number of H-pyrrole nitrogens is 1. The highest BCUT2D eigenvalue weighted by molar-refractivity contribution is 9.10. The van der Waals surface area contributed by atoms with Gasteiger partial charge in [-0.05, 0) is 61.1 Å². The van der Waals surface area contributed by atoms with Crippen molar-refractivity contribution in [3.05, 3.63) is 68.8 Å². The molecule has 0 atom stereocenters. The molecule has 0 aliphatic carbocycles. The van der Waals surface area contributed by atoms with E-state index >= 15 is 0 Å². The number of rotatable bonds is 6. The number of nitrogens with one attached hydrogen (secondary N) is 2. The molecule has 3 aromatic rings. The maximum absolute atomic E-state index is 13.1. The average molecular weight is 488 g/mol. The quantitative estimate of drug-likeness (QED) is 0.429. The lowest BCUT2D eigenvalue weighted by Gasteiger charge is -2.21. The third-order valence-corrected chi connectivity index (χ3v) is 6.25. The maximum atomic E-state index is 13.1. The van der Waals surface area contributed by atoms with Crippen molar-refractivity contribution in [3.8, 4) is 0 Å². The average Bonchev–Trinajstić information content (AvgIpc) is 3.11. The summed E-state index contributed by atoms with van der Waals surface area (Å²) in [5.74, 6) is 0.577. The van der Waals surface area contributed by atoms with Crippen molar-refractivity contribution in [2.75, 3.05) is 19.8 Å². The minimum absolute atomic E-state index is 0.0496. The molecule has 156 valence electrons. The fraction of sp³-hybridized carbons (Fsp3) is 0.292. The summed E-state index contributed by atoms with van der Waals surface area (Å²) >= 11 is 9.48. The van der Waals surface area contributed by atoms with Crippen LogP contribution in [0.3, 0.4) is 0 Å². The maximum Gasteiger partial charge on any atom is 0.254 e. The van der Waals surface area contributed by atoms with Gasteiger partial charge in [-0.3, -0.25) is 4.79 Å². The Morgan fingerprint density at radius 3 is 2.70 bits per heavy atom. The topological polar surface area (TPSA) is 54.1 Å². The molecule has 2 N–H and O–H groups in total. The monoisotopic (exact) mass is 486 g/mol. The largest absolute Gasteiger partial charge is 0.381 e. The van der Waals surface area contributed by atoms with E-state index in [1.54, 1.807) is 0 Å². The van der Waals surface area contributed by atoms with Gasteiger partial charge in [0, 0.05) is 40.2 Å². The molecular formula is C24H24BrClN2O2. The number of carbonyl (C=O) groups excluding carboxylic acids is 1. The van der Waals surface area contributed by atoms with Crippen molar-refractivity contribution in [1.29, 1.82) is 0 Å². The van der Waals surface area contributed by atoms with E-state index in [9.17, 15) is 4.79 Å². The Bertz CT molecular complexity index is 1050. The van der Waals surface area contributed by atoms with Crippen LogP contribution in [-0.4, -0.2) is 30.6 Å². The number of carbonyl (C=O) groups is 1. The second-order valence-electron chi connectivity index (χ2n) is 7.59. The predicted molar refractivity (Wildman–Crippen MR) is 127 cm³/mol. The second kappa shape index (κ2) is 9.82. The third-order valence-electron chi connectivity index (χ3n) is 5.51. The Kier molecular flexibility index (Phi) is 6.93. The molecule has 30 heavy (non-hydrogen) atoms. The van der Waals surface area contributed by atoms with Gasteiger partial charge in [-0.1, -0.05) is 51.8 Å². The van der Waals surface area contributed by atoms with Crippen molar-refractivity contribution >= 4 is 56.5 Å². The number of amides is 1. The highest BCUT2D eigenvalue weighted by Crippen LogP contribution is 2.27. The summed E-state index contributed by atoms with van der Waals surface area (Å²) in [6.07, 6.45) is 7.07. The summed E-state index contributed by atoms with van der Waals surface area (Å²) in [7, 11) is 0. The Balaban J connectivity index is 1.55. The van der Waals surface area contributed by atoms with Crippen LogP contribution in [0.1, 0.15) is 40.9 Å². The summed E-state index contributed by atoms with van der Waals surface area (Å²) in [6, 6.07) is 13.5. The SMILES string of the molecule is O=C(NCCC1CCOCC1)c1c(C=Cc2ccc(Cl)cc2)[nH]c2cc(Br)ccc12. The van der Waals surface area contributed by atoms with E-state index in [0.717, 1.165) is 59.1 Å². The minimum atomic E-state index is -0.0496. The number of halogens is 2. The Labute approximate surface area is 189 Å². The van der Waals surface area contributed by atoms with E-state index in [1.807, 2.05) is 54.6 Å². The van der Waals surface area contributed by atoms with Crippen molar-refractivity contribution in [2.45, 2.75) is 19.3 Å². The number of aromatic amines is 1. The summed E-state index contributed by atoms with van der Waals surface area (Å²) in [6.45, 7) is 2.33. The van der Waals surface area contributed by atoms with E-state index in [0.29, 0.717) is 23.0 Å². The molecule has 4 nitrogen and oxygen atoms in total. The van der Waals surface area contributed by atoms with Gasteiger partial charge in [-0.25, -0.2) is 0 Å². The molecule has 0 spiro atoms. The molecule has 0 unspecified atom stereocenters. The van der Waals surface area contributed by atoms with Crippen LogP contribution in [0.4, 0.5) is 0 Å². The number of ether oxygens (including phenoxy) is 1. The summed E-state index contributed by atoms with van der Waals surface area (Å²) < 4.78 is 6.39. The van der Waals surface area contributed by atoms with Gasteiger partial charge < -0.3 is 15.0 Å². The summed E-state index contributed by atoms with van der Waals surface area (Å²) in [5, 5.41) is 4.74. The second-order valence-corrected chi connectivity index (χ2v) is 8.94. The van der Waals surface area contributed by atoms with E-state index in [1.165, 1.54) is 0 Å². The molecule has 1 aliphatic rings. The summed E-state index contributed by atoms with van der Waals surface area (Å²) in [5.41, 5.74) is 3.41. The smallest absolute Gasteiger partial charge is 0.254 e. The zero-order valence-corrected chi connectivity index (χ0v) is 18.9. The molecule has 2 heterocycles. The minimum Gasteiger partial charge on any atom is -0.381 e. The first-order valence-corrected chi connectivity index (χ1v) is 11.4. The Morgan fingerprint density at radius 2 is 1.93 bits per heavy atom. The number of hydrogen-bond acceptors (Lipinski definition) is 2. The lowest BCUT2D eigenvalue weighted by molar-refractivity contribution is 0.0636. The van der Waals surface area contributed by atoms with E-state index < -0.39 is 0 Å². The fourth-order valence-corrected chi connectivity index (χ4v) is 4.31. The number of benzene rings is 2. The number of hydrogen-bond donors (Lipinski definition) is 2. The van der Waals surface area contributed by atoms with Gasteiger partial charge in [-0.2, -0.15) is 0 Å². The highest BCUT2D eigenvalue weighted by Gasteiger charge is 2.18. The number of aromatic nitrogens is 1.